The van der Waals surface area contributed by atoms with Gasteiger partial charge in [0, 0.05) is 13.0 Å². The van der Waals surface area contributed by atoms with Gasteiger partial charge in [-0.2, -0.15) is 0 Å². The molecule has 0 aromatic carbocycles. The zero-order chi connectivity index (χ0) is 11.9. The molecule has 0 unspecified atom stereocenters. The topological polar surface area (TPSA) is 55.4 Å². The van der Waals surface area contributed by atoms with E-state index in [9.17, 15) is 9.59 Å². The third kappa shape index (κ3) is 9.25. The smallest absolute Gasteiger partial charge is 0.306 e. The monoisotopic (exact) mass is 215 g/mol. The molecule has 88 valence electrons. The molecule has 0 saturated carbocycles. The first-order valence-corrected chi connectivity index (χ1v) is 5.33. The summed E-state index contributed by atoms with van der Waals surface area (Å²) in [5.41, 5.74) is -0.475. The molecule has 0 bridgehead atoms. The fraction of sp³-hybridized carbons (Fsp3) is 0.818. The fourth-order valence-electron chi connectivity index (χ4n) is 0.961. The number of amides is 1. The van der Waals surface area contributed by atoms with E-state index in [0.29, 0.717) is 6.54 Å². The Morgan fingerprint density at radius 2 is 1.80 bits per heavy atom. The van der Waals surface area contributed by atoms with Crippen LogP contribution >= 0.6 is 0 Å². The van der Waals surface area contributed by atoms with Crippen LogP contribution in [0, 0.1) is 0 Å². The van der Waals surface area contributed by atoms with E-state index in [0.717, 1.165) is 6.42 Å². The summed E-state index contributed by atoms with van der Waals surface area (Å²) >= 11 is 0. The number of hydrogen-bond acceptors (Lipinski definition) is 3. The number of rotatable bonds is 5. The molecule has 15 heavy (non-hydrogen) atoms. The second-order valence-corrected chi connectivity index (χ2v) is 4.44. The van der Waals surface area contributed by atoms with Crippen LogP contribution in [0.4, 0.5) is 0 Å². The van der Waals surface area contributed by atoms with Gasteiger partial charge in [-0.05, 0) is 27.2 Å². The van der Waals surface area contributed by atoms with Gasteiger partial charge in [0.2, 0.25) is 5.91 Å². The van der Waals surface area contributed by atoms with Crippen molar-refractivity contribution >= 4 is 11.9 Å². The Balaban J connectivity index is 3.67. The maximum atomic E-state index is 11.2. The molecule has 4 heteroatoms. The first-order chi connectivity index (χ1) is 6.85. The highest BCUT2D eigenvalue weighted by atomic mass is 16.6. The van der Waals surface area contributed by atoms with Crippen molar-refractivity contribution in [3.8, 4) is 0 Å². The second-order valence-electron chi connectivity index (χ2n) is 4.44. The van der Waals surface area contributed by atoms with Gasteiger partial charge in [-0.15, -0.1) is 0 Å². The summed E-state index contributed by atoms with van der Waals surface area (Å²) in [5.74, 6) is -0.420. The molecule has 4 nitrogen and oxygen atoms in total. The summed E-state index contributed by atoms with van der Waals surface area (Å²) in [6, 6.07) is 0. The Hall–Kier alpha value is -1.06. The van der Waals surface area contributed by atoms with Crippen LogP contribution in [0.3, 0.4) is 0 Å². The fourth-order valence-corrected chi connectivity index (χ4v) is 0.961. The predicted octanol–water partition coefficient (Wildman–Crippen LogP) is 1.63. The number of esters is 1. The molecule has 0 rings (SSSR count). The highest BCUT2D eigenvalue weighted by Gasteiger charge is 2.16. The van der Waals surface area contributed by atoms with Crippen molar-refractivity contribution in [2.75, 3.05) is 6.54 Å². The van der Waals surface area contributed by atoms with E-state index in [1.165, 1.54) is 0 Å². The van der Waals surface area contributed by atoms with Crippen LogP contribution < -0.4 is 5.32 Å². The van der Waals surface area contributed by atoms with Gasteiger partial charge in [0.05, 0.1) is 6.42 Å². The van der Waals surface area contributed by atoms with Crippen molar-refractivity contribution in [1.82, 2.24) is 5.32 Å². The molecular weight excluding hydrogens is 194 g/mol. The molecule has 0 radical (unpaired) electrons. The molecule has 0 aliphatic carbocycles. The third-order valence-electron chi connectivity index (χ3n) is 1.55. The zero-order valence-corrected chi connectivity index (χ0v) is 10.1. The summed E-state index contributed by atoms with van der Waals surface area (Å²) < 4.78 is 5.07. The van der Waals surface area contributed by atoms with Crippen LogP contribution in [0.2, 0.25) is 0 Å². The average molecular weight is 215 g/mol. The van der Waals surface area contributed by atoms with E-state index < -0.39 is 5.60 Å². The van der Waals surface area contributed by atoms with E-state index in [1.807, 2.05) is 27.7 Å². The lowest BCUT2D eigenvalue weighted by atomic mass is 10.2. The zero-order valence-electron chi connectivity index (χ0n) is 10.1. The first kappa shape index (κ1) is 13.9. The van der Waals surface area contributed by atoms with E-state index in [1.54, 1.807) is 0 Å². The van der Waals surface area contributed by atoms with Crippen LogP contribution in [-0.4, -0.2) is 24.0 Å². The molecule has 1 N–H and O–H groups in total. The maximum absolute atomic E-state index is 11.2. The van der Waals surface area contributed by atoms with Crippen molar-refractivity contribution in [1.29, 1.82) is 0 Å². The molecular formula is C11H21NO3. The quantitative estimate of drug-likeness (QED) is 0.709. The second kappa shape index (κ2) is 6.43. The third-order valence-corrected chi connectivity index (χ3v) is 1.55. The minimum Gasteiger partial charge on any atom is -0.460 e. The highest BCUT2D eigenvalue weighted by molar-refractivity contribution is 5.81. The van der Waals surface area contributed by atoms with Gasteiger partial charge in [0.15, 0.2) is 0 Å². The molecule has 0 aliphatic heterocycles. The van der Waals surface area contributed by atoms with Crippen LogP contribution in [0.5, 0.6) is 0 Å². The number of carbonyl (C=O) groups excluding carboxylic acids is 2. The Kier molecular flexibility index (Phi) is 5.97. The average Bonchev–Trinajstić information content (AvgIpc) is 2.08. The largest absolute Gasteiger partial charge is 0.460 e. The van der Waals surface area contributed by atoms with Gasteiger partial charge in [-0.3, -0.25) is 9.59 Å². The van der Waals surface area contributed by atoms with Crippen LogP contribution in [0.25, 0.3) is 0 Å². The Bertz CT molecular complexity index is 218. The predicted molar refractivity (Wildman–Crippen MR) is 58.4 cm³/mol. The Morgan fingerprint density at radius 3 is 2.27 bits per heavy atom. The number of nitrogens with one attached hydrogen (secondary N) is 1. The van der Waals surface area contributed by atoms with E-state index in [2.05, 4.69) is 5.32 Å². The molecule has 0 atom stereocenters. The minimum absolute atomic E-state index is 0.0947. The molecule has 0 fully saturated rings. The van der Waals surface area contributed by atoms with Gasteiger partial charge in [-0.25, -0.2) is 0 Å². The maximum Gasteiger partial charge on any atom is 0.306 e. The van der Waals surface area contributed by atoms with Crippen LogP contribution in [0.1, 0.15) is 47.0 Å². The Morgan fingerprint density at radius 1 is 1.20 bits per heavy atom. The summed E-state index contributed by atoms with van der Waals surface area (Å²) in [6.07, 6.45) is 1.25. The van der Waals surface area contributed by atoms with E-state index in [4.69, 9.17) is 4.74 Å². The van der Waals surface area contributed by atoms with Gasteiger partial charge < -0.3 is 10.1 Å². The van der Waals surface area contributed by atoms with Gasteiger partial charge in [0.25, 0.3) is 0 Å². The standard InChI is InChI=1S/C11H21NO3/c1-5-8-12-9(13)6-7-10(14)15-11(2,3)4/h5-8H2,1-4H3,(H,12,13). The van der Waals surface area contributed by atoms with Crippen LogP contribution in [0.15, 0.2) is 0 Å². The molecule has 0 spiro atoms. The van der Waals surface area contributed by atoms with Gasteiger partial charge >= 0.3 is 5.97 Å². The van der Waals surface area contributed by atoms with Crippen molar-refractivity contribution in [3.05, 3.63) is 0 Å². The molecule has 0 saturated heterocycles. The Labute approximate surface area is 91.4 Å². The van der Waals surface area contributed by atoms with E-state index in [-0.39, 0.29) is 24.7 Å². The van der Waals surface area contributed by atoms with Crippen LogP contribution in [-0.2, 0) is 14.3 Å². The lowest BCUT2D eigenvalue weighted by Crippen LogP contribution is -2.27. The van der Waals surface area contributed by atoms with Crippen molar-refractivity contribution in [3.63, 3.8) is 0 Å². The van der Waals surface area contributed by atoms with Crippen molar-refractivity contribution in [2.45, 2.75) is 52.6 Å². The molecule has 0 heterocycles. The van der Waals surface area contributed by atoms with Crippen molar-refractivity contribution < 1.29 is 14.3 Å². The summed E-state index contributed by atoms with van der Waals surface area (Å²) in [6.45, 7) is 8.06. The molecule has 0 aromatic heterocycles. The lowest BCUT2D eigenvalue weighted by molar-refractivity contribution is -0.155. The van der Waals surface area contributed by atoms with Gasteiger partial charge in [0.1, 0.15) is 5.60 Å². The SMILES string of the molecule is CCCNC(=O)CCC(=O)OC(C)(C)C. The lowest BCUT2D eigenvalue weighted by Gasteiger charge is -2.19. The van der Waals surface area contributed by atoms with Gasteiger partial charge in [-0.1, -0.05) is 6.92 Å². The summed E-state index contributed by atoms with van der Waals surface area (Å²) in [7, 11) is 0. The highest BCUT2D eigenvalue weighted by Crippen LogP contribution is 2.08. The molecule has 0 aromatic rings. The molecule has 1 amide bonds. The van der Waals surface area contributed by atoms with Crippen molar-refractivity contribution in [2.24, 2.45) is 0 Å². The number of ether oxygens (including phenoxy) is 1. The first-order valence-electron chi connectivity index (χ1n) is 5.33. The minimum atomic E-state index is -0.475. The summed E-state index contributed by atoms with van der Waals surface area (Å²) in [5, 5.41) is 2.70. The number of carbonyl (C=O) groups is 2. The molecule has 0 aliphatic rings. The summed E-state index contributed by atoms with van der Waals surface area (Å²) in [4.78, 5) is 22.4. The van der Waals surface area contributed by atoms with E-state index >= 15 is 0 Å². The normalized spacial score (nSPS) is 10.9. The number of hydrogen-bond donors (Lipinski definition) is 1.